The van der Waals surface area contributed by atoms with E-state index in [4.69, 9.17) is 0 Å². The SMILES string of the molecule is CCCC1CCC(C2CCc3cc(-c4cc(F)c(F)c(F)c4)c(F)cc3C2)CC1. The fourth-order valence-electron chi connectivity index (χ4n) is 5.50. The normalized spacial score (nSPS) is 24.4. The van der Waals surface area contributed by atoms with Gasteiger partial charge in [-0.1, -0.05) is 32.6 Å². The third-order valence-corrected chi connectivity index (χ3v) is 7.11. The molecule has 156 valence electrons. The molecule has 2 aliphatic rings. The average Bonchev–Trinajstić information content (AvgIpc) is 2.71. The lowest BCUT2D eigenvalue weighted by molar-refractivity contribution is 0.184. The second kappa shape index (κ2) is 8.49. The lowest BCUT2D eigenvalue weighted by Crippen LogP contribution is -2.26. The van der Waals surface area contributed by atoms with Gasteiger partial charge in [-0.3, -0.25) is 0 Å². The minimum Gasteiger partial charge on any atom is -0.206 e. The van der Waals surface area contributed by atoms with Gasteiger partial charge in [-0.25, -0.2) is 17.6 Å². The highest BCUT2D eigenvalue weighted by atomic mass is 19.2. The summed E-state index contributed by atoms with van der Waals surface area (Å²) in [5.74, 6) is -2.42. The highest BCUT2D eigenvalue weighted by Gasteiger charge is 2.30. The summed E-state index contributed by atoms with van der Waals surface area (Å²) in [6, 6.07) is 4.96. The van der Waals surface area contributed by atoms with Crippen molar-refractivity contribution in [2.45, 2.75) is 64.7 Å². The van der Waals surface area contributed by atoms with Crippen LogP contribution in [0.25, 0.3) is 11.1 Å². The molecular weight excluding hydrogens is 376 g/mol. The summed E-state index contributed by atoms with van der Waals surface area (Å²) in [6.45, 7) is 2.25. The highest BCUT2D eigenvalue weighted by Crippen LogP contribution is 2.41. The van der Waals surface area contributed by atoms with Crippen LogP contribution in [0.3, 0.4) is 0 Å². The number of fused-ring (bicyclic) bond motifs is 1. The summed E-state index contributed by atoms with van der Waals surface area (Å²) < 4.78 is 55.2. The first-order valence-electron chi connectivity index (χ1n) is 10.9. The molecule has 4 heteroatoms. The molecule has 0 radical (unpaired) electrons. The molecule has 2 aromatic carbocycles. The van der Waals surface area contributed by atoms with Crippen LogP contribution in [0.4, 0.5) is 17.6 Å². The van der Waals surface area contributed by atoms with E-state index in [1.807, 2.05) is 0 Å². The standard InChI is InChI=1S/C25H28F4/c1-2-3-15-4-6-16(7-5-15)17-8-9-18-11-21(22(26)12-19(18)10-17)20-13-23(27)25(29)24(28)14-20/h11-17H,2-10H2,1H3. The van der Waals surface area contributed by atoms with E-state index in [9.17, 15) is 17.6 Å². The van der Waals surface area contributed by atoms with Crippen LogP contribution in [-0.2, 0) is 12.8 Å². The van der Waals surface area contributed by atoms with Crippen molar-refractivity contribution in [3.05, 3.63) is 58.7 Å². The lowest BCUT2D eigenvalue weighted by Gasteiger charge is -2.36. The van der Waals surface area contributed by atoms with Crippen molar-refractivity contribution in [2.75, 3.05) is 0 Å². The van der Waals surface area contributed by atoms with Crippen LogP contribution in [0.2, 0.25) is 0 Å². The van der Waals surface area contributed by atoms with Crippen LogP contribution < -0.4 is 0 Å². The van der Waals surface area contributed by atoms with Gasteiger partial charge in [0.05, 0.1) is 0 Å². The zero-order valence-electron chi connectivity index (χ0n) is 16.9. The molecule has 0 bridgehead atoms. The van der Waals surface area contributed by atoms with Crippen molar-refractivity contribution in [2.24, 2.45) is 17.8 Å². The molecule has 1 saturated carbocycles. The third kappa shape index (κ3) is 4.22. The van der Waals surface area contributed by atoms with Gasteiger partial charge in [-0.05, 0) is 90.8 Å². The summed E-state index contributed by atoms with van der Waals surface area (Å²) in [6.07, 6.45) is 10.6. The second-order valence-electron chi connectivity index (χ2n) is 8.93. The number of benzene rings is 2. The van der Waals surface area contributed by atoms with Crippen molar-refractivity contribution in [3.8, 4) is 11.1 Å². The molecule has 0 aromatic heterocycles. The number of hydrogen-bond acceptors (Lipinski definition) is 0. The van der Waals surface area contributed by atoms with Gasteiger partial charge in [0, 0.05) is 5.56 Å². The molecule has 0 nitrogen and oxygen atoms in total. The Morgan fingerprint density at radius 1 is 0.759 bits per heavy atom. The molecule has 0 heterocycles. The van der Waals surface area contributed by atoms with E-state index in [1.165, 1.54) is 44.6 Å². The molecule has 1 unspecified atom stereocenters. The highest BCUT2D eigenvalue weighted by molar-refractivity contribution is 5.66. The topological polar surface area (TPSA) is 0 Å². The van der Waals surface area contributed by atoms with E-state index in [0.717, 1.165) is 54.4 Å². The van der Waals surface area contributed by atoms with Crippen LogP contribution in [-0.4, -0.2) is 0 Å². The van der Waals surface area contributed by atoms with Gasteiger partial charge in [0.1, 0.15) is 5.82 Å². The molecule has 0 aliphatic heterocycles. The van der Waals surface area contributed by atoms with Crippen LogP contribution in [0.15, 0.2) is 24.3 Å². The van der Waals surface area contributed by atoms with Gasteiger partial charge < -0.3 is 0 Å². The summed E-state index contributed by atoms with van der Waals surface area (Å²) in [5.41, 5.74) is 2.24. The third-order valence-electron chi connectivity index (χ3n) is 7.11. The Hall–Kier alpha value is -1.84. The Bertz CT molecular complexity index is 858. The predicted molar refractivity (Wildman–Crippen MR) is 108 cm³/mol. The van der Waals surface area contributed by atoms with Gasteiger partial charge in [0.2, 0.25) is 0 Å². The van der Waals surface area contributed by atoms with Crippen molar-refractivity contribution < 1.29 is 17.6 Å². The van der Waals surface area contributed by atoms with Gasteiger partial charge >= 0.3 is 0 Å². The fourth-order valence-corrected chi connectivity index (χ4v) is 5.50. The van der Waals surface area contributed by atoms with E-state index in [0.29, 0.717) is 5.92 Å². The molecule has 2 aliphatic carbocycles. The molecular formula is C25H28F4. The molecule has 0 N–H and O–H groups in total. The van der Waals surface area contributed by atoms with Gasteiger partial charge in [-0.2, -0.15) is 0 Å². The van der Waals surface area contributed by atoms with Gasteiger partial charge in [-0.15, -0.1) is 0 Å². The zero-order chi connectivity index (χ0) is 20.5. The smallest absolute Gasteiger partial charge is 0.194 e. The first-order chi connectivity index (χ1) is 14.0. The minimum absolute atomic E-state index is 0.0399. The van der Waals surface area contributed by atoms with Crippen LogP contribution in [0.1, 0.15) is 63.0 Å². The minimum atomic E-state index is -1.52. The Balaban J connectivity index is 1.52. The molecule has 4 rings (SSSR count). The largest absolute Gasteiger partial charge is 0.206 e. The Morgan fingerprint density at radius 3 is 2.10 bits per heavy atom. The molecule has 2 aromatic rings. The van der Waals surface area contributed by atoms with E-state index in [-0.39, 0.29) is 11.1 Å². The monoisotopic (exact) mass is 404 g/mol. The number of rotatable bonds is 4. The summed E-state index contributed by atoms with van der Waals surface area (Å²) in [5, 5.41) is 0. The summed E-state index contributed by atoms with van der Waals surface area (Å²) in [7, 11) is 0. The van der Waals surface area contributed by atoms with E-state index in [2.05, 4.69) is 6.92 Å². The van der Waals surface area contributed by atoms with E-state index in [1.54, 1.807) is 6.07 Å². The molecule has 0 amide bonds. The average molecular weight is 404 g/mol. The fraction of sp³-hybridized carbons (Fsp3) is 0.520. The maximum Gasteiger partial charge on any atom is 0.194 e. The number of hydrogen-bond donors (Lipinski definition) is 0. The van der Waals surface area contributed by atoms with E-state index >= 15 is 0 Å². The Kier molecular flexibility index (Phi) is 5.98. The van der Waals surface area contributed by atoms with Crippen LogP contribution >= 0.6 is 0 Å². The Morgan fingerprint density at radius 2 is 1.45 bits per heavy atom. The van der Waals surface area contributed by atoms with Gasteiger partial charge in [0.25, 0.3) is 0 Å². The maximum absolute atomic E-state index is 14.8. The first kappa shape index (κ1) is 20.4. The number of aryl methyl sites for hydroxylation is 1. The number of halogens is 4. The van der Waals surface area contributed by atoms with Gasteiger partial charge in [0.15, 0.2) is 17.5 Å². The van der Waals surface area contributed by atoms with Crippen molar-refractivity contribution in [1.29, 1.82) is 0 Å². The first-order valence-corrected chi connectivity index (χ1v) is 10.9. The van der Waals surface area contributed by atoms with Crippen LogP contribution in [0.5, 0.6) is 0 Å². The second-order valence-corrected chi connectivity index (χ2v) is 8.93. The van der Waals surface area contributed by atoms with Crippen LogP contribution in [0, 0.1) is 41.0 Å². The molecule has 1 fully saturated rings. The molecule has 1 atom stereocenters. The molecule has 0 spiro atoms. The zero-order valence-corrected chi connectivity index (χ0v) is 16.9. The maximum atomic E-state index is 14.8. The lowest BCUT2D eigenvalue weighted by atomic mass is 9.69. The van der Waals surface area contributed by atoms with E-state index < -0.39 is 23.3 Å². The predicted octanol–water partition coefficient (Wildman–Crippen LogP) is 7.62. The quantitative estimate of drug-likeness (QED) is 0.363. The van der Waals surface area contributed by atoms with Crippen molar-refractivity contribution in [3.63, 3.8) is 0 Å². The Labute approximate surface area is 170 Å². The summed E-state index contributed by atoms with van der Waals surface area (Å²) >= 11 is 0. The van der Waals surface area contributed by atoms with Crippen molar-refractivity contribution in [1.82, 2.24) is 0 Å². The molecule has 29 heavy (non-hydrogen) atoms. The summed E-state index contributed by atoms with van der Waals surface area (Å²) in [4.78, 5) is 0. The van der Waals surface area contributed by atoms with Crippen molar-refractivity contribution >= 4 is 0 Å². The molecule has 0 saturated heterocycles.